The van der Waals surface area contributed by atoms with Crippen LogP contribution in [-0.4, -0.2) is 17.6 Å². The summed E-state index contributed by atoms with van der Waals surface area (Å²) in [6, 6.07) is 7.44. The van der Waals surface area contributed by atoms with E-state index in [1.807, 2.05) is 24.3 Å². The molecule has 1 aromatic rings. The maximum absolute atomic E-state index is 11.4. The Bertz CT molecular complexity index is 311. The summed E-state index contributed by atoms with van der Waals surface area (Å²) < 4.78 is 0.987. The molecule has 0 fully saturated rings. The molecule has 0 aliphatic heterocycles. The lowest BCUT2D eigenvalue weighted by atomic mass is 10.2. The molecule has 1 aromatic carbocycles. The zero-order chi connectivity index (χ0) is 11.1. The van der Waals surface area contributed by atoms with Crippen molar-refractivity contribution >= 4 is 27.5 Å². The van der Waals surface area contributed by atoms with E-state index in [1.54, 1.807) is 0 Å². The normalized spacial score (nSPS) is 10.0. The number of hydrogen-bond acceptors (Lipinski definition) is 2. The van der Waals surface area contributed by atoms with E-state index < -0.39 is 0 Å². The van der Waals surface area contributed by atoms with Crippen molar-refractivity contribution in [3.05, 3.63) is 28.7 Å². The molecule has 0 aromatic heterocycles. The number of unbranched alkanes of at least 4 members (excludes halogenated alkanes) is 1. The van der Waals surface area contributed by atoms with Gasteiger partial charge in [0.2, 0.25) is 5.91 Å². The second-order valence-corrected chi connectivity index (χ2v) is 4.15. The highest BCUT2D eigenvalue weighted by molar-refractivity contribution is 9.10. The van der Waals surface area contributed by atoms with Crippen molar-refractivity contribution < 1.29 is 9.90 Å². The highest BCUT2D eigenvalue weighted by Gasteiger charge is 2.01. The molecule has 0 saturated carbocycles. The number of anilines is 1. The van der Waals surface area contributed by atoms with Crippen LogP contribution in [0, 0.1) is 0 Å². The molecule has 0 heterocycles. The van der Waals surface area contributed by atoms with Crippen LogP contribution in [0.25, 0.3) is 0 Å². The predicted octanol–water partition coefficient (Wildman–Crippen LogP) is 2.55. The molecule has 0 bridgehead atoms. The van der Waals surface area contributed by atoms with Crippen LogP contribution in [0.1, 0.15) is 19.3 Å². The minimum Gasteiger partial charge on any atom is -0.396 e. The minimum absolute atomic E-state index is 0.00854. The zero-order valence-electron chi connectivity index (χ0n) is 8.37. The summed E-state index contributed by atoms with van der Waals surface area (Å²) in [4.78, 5) is 11.4. The van der Waals surface area contributed by atoms with E-state index in [2.05, 4.69) is 21.2 Å². The van der Waals surface area contributed by atoms with Crippen LogP contribution in [-0.2, 0) is 4.79 Å². The average molecular weight is 272 g/mol. The standard InChI is InChI=1S/C11H14BrNO2/c12-9-4-6-10(7-5-9)13-11(15)3-1-2-8-14/h4-7,14H,1-3,8H2,(H,13,15). The summed E-state index contributed by atoms with van der Waals surface area (Å²) >= 11 is 3.32. The molecule has 0 aliphatic rings. The summed E-state index contributed by atoms with van der Waals surface area (Å²) in [5, 5.41) is 11.3. The quantitative estimate of drug-likeness (QED) is 0.809. The molecule has 2 N–H and O–H groups in total. The highest BCUT2D eigenvalue weighted by Crippen LogP contribution is 2.14. The van der Waals surface area contributed by atoms with Crippen molar-refractivity contribution in [2.45, 2.75) is 19.3 Å². The van der Waals surface area contributed by atoms with Crippen LogP contribution in [0.15, 0.2) is 28.7 Å². The third-order valence-electron chi connectivity index (χ3n) is 1.94. The fourth-order valence-corrected chi connectivity index (χ4v) is 1.42. The SMILES string of the molecule is O=C(CCCCO)Nc1ccc(Br)cc1. The van der Waals surface area contributed by atoms with Gasteiger partial charge in [0, 0.05) is 23.2 Å². The molecular formula is C11H14BrNO2. The van der Waals surface area contributed by atoms with Gasteiger partial charge in [-0.05, 0) is 37.1 Å². The molecule has 1 amide bonds. The Balaban J connectivity index is 2.34. The Morgan fingerprint density at radius 2 is 1.93 bits per heavy atom. The Kier molecular flexibility index (Phi) is 5.36. The number of nitrogens with one attached hydrogen (secondary N) is 1. The molecule has 82 valence electrons. The van der Waals surface area contributed by atoms with Crippen LogP contribution in [0.4, 0.5) is 5.69 Å². The van der Waals surface area contributed by atoms with E-state index in [-0.39, 0.29) is 12.5 Å². The molecule has 0 spiro atoms. The van der Waals surface area contributed by atoms with E-state index in [9.17, 15) is 4.79 Å². The number of aliphatic hydroxyl groups is 1. The van der Waals surface area contributed by atoms with Gasteiger partial charge in [-0.3, -0.25) is 4.79 Å². The minimum atomic E-state index is -0.00854. The Morgan fingerprint density at radius 3 is 2.53 bits per heavy atom. The van der Waals surface area contributed by atoms with Gasteiger partial charge in [0.1, 0.15) is 0 Å². The van der Waals surface area contributed by atoms with E-state index >= 15 is 0 Å². The summed E-state index contributed by atoms with van der Waals surface area (Å²) in [6.45, 7) is 0.144. The maximum Gasteiger partial charge on any atom is 0.224 e. The summed E-state index contributed by atoms with van der Waals surface area (Å²) in [6.07, 6.45) is 1.85. The number of carbonyl (C=O) groups excluding carboxylic acids is 1. The highest BCUT2D eigenvalue weighted by atomic mass is 79.9. The Hall–Kier alpha value is -0.870. The number of rotatable bonds is 5. The van der Waals surface area contributed by atoms with E-state index in [4.69, 9.17) is 5.11 Å². The Morgan fingerprint density at radius 1 is 1.27 bits per heavy atom. The number of amides is 1. The first kappa shape index (κ1) is 12.2. The fourth-order valence-electron chi connectivity index (χ4n) is 1.15. The van der Waals surface area contributed by atoms with Crippen molar-refractivity contribution in [2.75, 3.05) is 11.9 Å². The lowest BCUT2D eigenvalue weighted by Crippen LogP contribution is -2.11. The molecule has 0 saturated heterocycles. The Labute approximate surface area is 97.6 Å². The molecule has 1 rings (SSSR count). The topological polar surface area (TPSA) is 49.3 Å². The van der Waals surface area contributed by atoms with Gasteiger partial charge in [0.05, 0.1) is 0 Å². The van der Waals surface area contributed by atoms with Crippen LogP contribution < -0.4 is 5.32 Å². The van der Waals surface area contributed by atoms with Gasteiger partial charge in [0.25, 0.3) is 0 Å². The van der Waals surface area contributed by atoms with Crippen molar-refractivity contribution in [3.63, 3.8) is 0 Å². The number of benzene rings is 1. The van der Waals surface area contributed by atoms with E-state index in [0.717, 1.165) is 16.6 Å². The third-order valence-corrected chi connectivity index (χ3v) is 2.47. The second kappa shape index (κ2) is 6.58. The molecule has 0 unspecified atom stereocenters. The first-order valence-electron chi connectivity index (χ1n) is 4.88. The van der Waals surface area contributed by atoms with Crippen LogP contribution in [0.3, 0.4) is 0 Å². The molecule has 0 atom stereocenters. The molecule has 3 nitrogen and oxygen atoms in total. The predicted molar refractivity (Wildman–Crippen MR) is 63.7 cm³/mol. The number of hydrogen-bond donors (Lipinski definition) is 2. The van der Waals surface area contributed by atoms with Gasteiger partial charge < -0.3 is 10.4 Å². The first-order valence-corrected chi connectivity index (χ1v) is 5.68. The molecule has 0 aliphatic carbocycles. The summed E-state index contributed by atoms with van der Waals surface area (Å²) in [5.41, 5.74) is 0.798. The van der Waals surface area contributed by atoms with Gasteiger partial charge >= 0.3 is 0 Å². The van der Waals surface area contributed by atoms with E-state index in [0.29, 0.717) is 12.8 Å². The van der Waals surface area contributed by atoms with Gasteiger partial charge in [-0.2, -0.15) is 0 Å². The lowest BCUT2D eigenvalue weighted by Gasteiger charge is -2.04. The van der Waals surface area contributed by atoms with Crippen LogP contribution >= 0.6 is 15.9 Å². The fraction of sp³-hybridized carbons (Fsp3) is 0.364. The average Bonchev–Trinajstić information content (AvgIpc) is 2.22. The monoisotopic (exact) mass is 271 g/mol. The third kappa shape index (κ3) is 4.95. The smallest absolute Gasteiger partial charge is 0.224 e. The van der Waals surface area contributed by atoms with Crippen molar-refractivity contribution in [2.24, 2.45) is 0 Å². The molecule has 15 heavy (non-hydrogen) atoms. The lowest BCUT2D eigenvalue weighted by molar-refractivity contribution is -0.116. The molecular weight excluding hydrogens is 258 g/mol. The van der Waals surface area contributed by atoms with Gasteiger partial charge in [-0.1, -0.05) is 15.9 Å². The van der Waals surface area contributed by atoms with Gasteiger partial charge in [-0.15, -0.1) is 0 Å². The summed E-state index contributed by atoms with van der Waals surface area (Å²) in [5.74, 6) is -0.00854. The van der Waals surface area contributed by atoms with Crippen LogP contribution in [0.5, 0.6) is 0 Å². The van der Waals surface area contributed by atoms with Crippen molar-refractivity contribution in [3.8, 4) is 0 Å². The number of halogens is 1. The number of carbonyl (C=O) groups is 1. The maximum atomic E-state index is 11.4. The van der Waals surface area contributed by atoms with E-state index in [1.165, 1.54) is 0 Å². The number of aliphatic hydroxyl groups excluding tert-OH is 1. The zero-order valence-corrected chi connectivity index (χ0v) is 9.96. The van der Waals surface area contributed by atoms with Crippen LogP contribution in [0.2, 0.25) is 0 Å². The summed E-state index contributed by atoms with van der Waals surface area (Å²) in [7, 11) is 0. The molecule has 4 heteroatoms. The first-order chi connectivity index (χ1) is 7.22. The van der Waals surface area contributed by atoms with Crippen molar-refractivity contribution in [1.82, 2.24) is 0 Å². The van der Waals surface area contributed by atoms with Crippen molar-refractivity contribution in [1.29, 1.82) is 0 Å². The molecule has 0 radical (unpaired) electrons. The second-order valence-electron chi connectivity index (χ2n) is 3.24. The largest absolute Gasteiger partial charge is 0.396 e. The van der Waals surface area contributed by atoms with Gasteiger partial charge in [-0.25, -0.2) is 0 Å². The van der Waals surface area contributed by atoms with Gasteiger partial charge in [0.15, 0.2) is 0 Å².